The van der Waals surface area contributed by atoms with Crippen LogP contribution in [0, 0.1) is 10.1 Å². The van der Waals surface area contributed by atoms with Gasteiger partial charge in [0.05, 0.1) is 10.5 Å². The number of benzene rings is 2. The second-order valence-corrected chi connectivity index (χ2v) is 7.68. The Morgan fingerprint density at radius 3 is 2.19 bits per heavy atom. The molecule has 0 radical (unpaired) electrons. The van der Waals surface area contributed by atoms with Crippen molar-refractivity contribution in [2.24, 2.45) is 0 Å². The van der Waals surface area contributed by atoms with Gasteiger partial charge in [-0.2, -0.15) is 0 Å². The van der Waals surface area contributed by atoms with Crippen LogP contribution in [-0.2, 0) is 5.54 Å². The molecule has 0 bridgehead atoms. The van der Waals surface area contributed by atoms with E-state index >= 15 is 0 Å². The molecule has 2 aromatic rings. The van der Waals surface area contributed by atoms with Gasteiger partial charge in [-0.25, -0.2) is 4.79 Å². The zero-order valence-corrected chi connectivity index (χ0v) is 15.0. The van der Waals surface area contributed by atoms with E-state index in [0.29, 0.717) is 6.42 Å². The van der Waals surface area contributed by atoms with Gasteiger partial charge < -0.3 is 5.11 Å². The van der Waals surface area contributed by atoms with Crippen LogP contribution >= 0.6 is 0 Å². The van der Waals surface area contributed by atoms with Crippen LogP contribution < -0.4 is 0 Å². The van der Waals surface area contributed by atoms with Crippen molar-refractivity contribution in [2.75, 3.05) is 0 Å². The molecule has 0 aromatic heterocycles. The molecule has 6 nitrogen and oxygen atoms in total. The number of nitro benzene ring substituents is 1. The van der Waals surface area contributed by atoms with Crippen LogP contribution in [0.25, 0.3) is 0 Å². The highest BCUT2D eigenvalue weighted by atomic mass is 16.6. The molecule has 1 aliphatic carbocycles. The molecule has 1 amide bonds. The van der Waals surface area contributed by atoms with Crippen LogP contribution in [0.2, 0.25) is 0 Å². The van der Waals surface area contributed by atoms with E-state index < -0.39 is 22.1 Å². The molecule has 2 unspecified atom stereocenters. The van der Waals surface area contributed by atoms with E-state index in [4.69, 9.17) is 0 Å². The van der Waals surface area contributed by atoms with Gasteiger partial charge >= 0.3 is 6.09 Å². The Bertz CT molecular complexity index is 827. The maximum Gasteiger partial charge on any atom is 0.408 e. The fourth-order valence-corrected chi connectivity index (χ4v) is 3.95. The lowest BCUT2D eigenvalue weighted by Crippen LogP contribution is -2.52. The predicted octanol–water partition coefficient (Wildman–Crippen LogP) is 4.76. The van der Waals surface area contributed by atoms with Crippen LogP contribution in [0.1, 0.15) is 44.2 Å². The molecule has 136 valence electrons. The third-order valence-electron chi connectivity index (χ3n) is 4.97. The van der Waals surface area contributed by atoms with Gasteiger partial charge in [-0.1, -0.05) is 30.3 Å². The maximum atomic E-state index is 12.2. The van der Waals surface area contributed by atoms with Crippen LogP contribution in [-0.4, -0.2) is 26.6 Å². The first-order valence-corrected chi connectivity index (χ1v) is 8.51. The summed E-state index contributed by atoms with van der Waals surface area (Å²) in [5, 5.41) is 20.9. The normalized spacial score (nSPS) is 21.9. The topological polar surface area (TPSA) is 83.7 Å². The Hall–Kier alpha value is -2.89. The molecule has 2 aromatic carbocycles. The first kappa shape index (κ1) is 17.9. The molecule has 2 atom stereocenters. The van der Waals surface area contributed by atoms with Gasteiger partial charge in [-0.15, -0.1) is 0 Å². The first-order chi connectivity index (χ1) is 12.2. The summed E-state index contributed by atoms with van der Waals surface area (Å²) in [7, 11) is 0. The molecule has 0 spiro atoms. The quantitative estimate of drug-likeness (QED) is 0.634. The second kappa shape index (κ2) is 6.12. The molecule has 1 fully saturated rings. The maximum absolute atomic E-state index is 12.2. The molecule has 1 N–H and O–H groups in total. The number of rotatable bonds is 4. The zero-order valence-electron chi connectivity index (χ0n) is 15.0. The third-order valence-corrected chi connectivity index (χ3v) is 4.97. The van der Waals surface area contributed by atoms with Gasteiger partial charge in [0.15, 0.2) is 0 Å². The van der Waals surface area contributed by atoms with Crippen LogP contribution in [0.15, 0.2) is 54.6 Å². The van der Waals surface area contributed by atoms with Gasteiger partial charge in [0.1, 0.15) is 0 Å². The Morgan fingerprint density at radius 1 is 1.15 bits per heavy atom. The van der Waals surface area contributed by atoms with E-state index in [0.717, 1.165) is 11.1 Å². The summed E-state index contributed by atoms with van der Waals surface area (Å²) < 4.78 is 0. The lowest BCUT2D eigenvalue weighted by Gasteiger charge is -2.41. The molecule has 0 heterocycles. The van der Waals surface area contributed by atoms with Crippen molar-refractivity contribution >= 4 is 11.8 Å². The van der Waals surface area contributed by atoms with Crippen molar-refractivity contribution in [3.63, 3.8) is 0 Å². The number of nitro groups is 1. The fourth-order valence-electron chi connectivity index (χ4n) is 3.95. The number of nitrogens with zero attached hydrogens (tertiary/aromatic N) is 2. The lowest BCUT2D eigenvalue weighted by molar-refractivity contribution is -0.384. The number of carboxylic acid groups (broad SMARTS) is 1. The average Bonchev–Trinajstić information content (AvgIpc) is 3.30. The van der Waals surface area contributed by atoms with Crippen molar-refractivity contribution < 1.29 is 14.8 Å². The monoisotopic (exact) mass is 354 g/mol. The molecule has 26 heavy (non-hydrogen) atoms. The third kappa shape index (κ3) is 2.92. The standard InChI is InChI=1S/C20H22N2O4/c1-19(2,3)21(18(23)24)20(13-17(20)14-7-5-4-6-8-14)15-9-11-16(12-10-15)22(25)26/h4-12,17H,13H2,1-3H3,(H,23,24). The van der Waals surface area contributed by atoms with Crippen LogP contribution in [0.4, 0.5) is 10.5 Å². The summed E-state index contributed by atoms with van der Waals surface area (Å²) in [5.74, 6) is 0.0143. The van der Waals surface area contributed by atoms with E-state index in [1.54, 1.807) is 12.1 Å². The number of amides is 1. The summed E-state index contributed by atoms with van der Waals surface area (Å²) in [6.45, 7) is 5.61. The van der Waals surface area contributed by atoms with Crippen molar-refractivity contribution in [2.45, 2.75) is 44.2 Å². The van der Waals surface area contributed by atoms with Crippen molar-refractivity contribution in [3.05, 3.63) is 75.8 Å². The molecular formula is C20H22N2O4. The molecule has 0 saturated heterocycles. The minimum absolute atomic E-state index is 0.00144. The van der Waals surface area contributed by atoms with Crippen molar-refractivity contribution in [3.8, 4) is 0 Å². The number of hydrogen-bond donors (Lipinski definition) is 1. The van der Waals surface area contributed by atoms with Crippen LogP contribution in [0.3, 0.4) is 0 Å². The Balaban J connectivity index is 2.12. The van der Waals surface area contributed by atoms with Gasteiger partial charge in [0.2, 0.25) is 0 Å². The average molecular weight is 354 g/mol. The van der Waals surface area contributed by atoms with Gasteiger partial charge in [0, 0.05) is 23.6 Å². The zero-order chi connectivity index (χ0) is 19.1. The predicted molar refractivity (Wildman–Crippen MR) is 98.2 cm³/mol. The summed E-state index contributed by atoms with van der Waals surface area (Å²) >= 11 is 0. The molecular weight excluding hydrogens is 332 g/mol. The van der Waals surface area contributed by atoms with Gasteiger partial charge in [0.25, 0.3) is 5.69 Å². The summed E-state index contributed by atoms with van der Waals surface area (Å²) in [6.07, 6.45) is -0.340. The van der Waals surface area contributed by atoms with Crippen molar-refractivity contribution in [1.82, 2.24) is 4.90 Å². The summed E-state index contributed by atoms with van der Waals surface area (Å²) in [5.41, 5.74) is 0.520. The van der Waals surface area contributed by atoms with E-state index in [1.165, 1.54) is 17.0 Å². The second-order valence-electron chi connectivity index (χ2n) is 7.68. The highest BCUT2D eigenvalue weighted by molar-refractivity contribution is 5.70. The molecule has 0 aliphatic heterocycles. The lowest BCUT2D eigenvalue weighted by atomic mass is 9.92. The van der Waals surface area contributed by atoms with Gasteiger partial charge in [-0.3, -0.25) is 15.0 Å². The summed E-state index contributed by atoms with van der Waals surface area (Å²) in [4.78, 5) is 24.2. The van der Waals surface area contributed by atoms with Gasteiger partial charge in [-0.05, 0) is 50.5 Å². The van der Waals surface area contributed by atoms with E-state index in [2.05, 4.69) is 0 Å². The largest absolute Gasteiger partial charge is 0.465 e. The molecule has 3 rings (SSSR count). The Morgan fingerprint density at radius 2 is 1.73 bits per heavy atom. The Labute approximate surface area is 152 Å². The highest BCUT2D eigenvalue weighted by Crippen LogP contribution is 2.64. The Kier molecular flexibility index (Phi) is 4.22. The number of hydrogen-bond acceptors (Lipinski definition) is 3. The first-order valence-electron chi connectivity index (χ1n) is 8.51. The van der Waals surface area contributed by atoms with Crippen LogP contribution in [0.5, 0.6) is 0 Å². The minimum atomic E-state index is -0.991. The minimum Gasteiger partial charge on any atom is -0.465 e. The summed E-state index contributed by atoms with van der Waals surface area (Å²) in [6, 6.07) is 16.1. The fraction of sp³-hybridized carbons (Fsp3) is 0.350. The molecule has 1 aliphatic rings. The molecule has 1 saturated carbocycles. The SMILES string of the molecule is CC(C)(C)N(C(=O)O)C1(c2ccc([N+](=O)[O-])cc2)CC1c1ccccc1. The van der Waals surface area contributed by atoms with Crippen molar-refractivity contribution in [1.29, 1.82) is 0 Å². The van der Waals surface area contributed by atoms with E-state index in [-0.39, 0.29) is 11.6 Å². The smallest absolute Gasteiger partial charge is 0.408 e. The molecule has 6 heteroatoms. The van der Waals surface area contributed by atoms with E-state index in [9.17, 15) is 20.0 Å². The highest BCUT2D eigenvalue weighted by Gasteiger charge is 2.63. The number of carbonyl (C=O) groups is 1. The number of non-ortho nitro benzene ring substituents is 1. The van der Waals surface area contributed by atoms with E-state index in [1.807, 2.05) is 51.1 Å².